The van der Waals surface area contributed by atoms with Crippen LogP contribution in [0, 0.1) is 3.57 Å². The average Bonchev–Trinajstić information content (AvgIpc) is 2.22. The molecule has 2 nitrogen and oxygen atoms in total. The van der Waals surface area contributed by atoms with Crippen LogP contribution >= 0.6 is 22.6 Å². The number of nitrogens with zero attached hydrogens (tertiary/aromatic N) is 1. The van der Waals surface area contributed by atoms with Crippen molar-refractivity contribution in [3.8, 4) is 0 Å². The maximum Gasteiger partial charge on any atom is 0.0474 e. The molecule has 0 fully saturated rings. The molecule has 0 aromatic heterocycles. The summed E-state index contributed by atoms with van der Waals surface area (Å²) >= 11 is 2.33. The largest absolute Gasteiger partial charge is 0.385 e. The smallest absolute Gasteiger partial charge is 0.0474 e. The number of benzene rings is 1. The predicted molar refractivity (Wildman–Crippen MR) is 72.0 cm³/mol. The van der Waals surface area contributed by atoms with Crippen LogP contribution in [0.2, 0.25) is 0 Å². The Kier molecular flexibility index (Phi) is 6.20. The molecule has 0 aliphatic heterocycles. The maximum atomic E-state index is 5.03. The molecule has 0 radical (unpaired) electrons. The Balaban J connectivity index is 2.31. The Morgan fingerprint density at radius 1 is 1.27 bits per heavy atom. The van der Waals surface area contributed by atoms with Crippen molar-refractivity contribution >= 4 is 22.6 Å². The van der Waals surface area contributed by atoms with Crippen LogP contribution in [0.25, 0.3) is 0 Å². The van der Waals surface area contributed by atoms with E-state index in [1.165, 1.54) is 9.13 Å². The Morgan fingerprint density at radius 3 is 2.53 bits per heavy atom. The van der Waals surface area contributed by atoms with E-state index in [9.17, 15) is 0 Å². The van der Waals surface area contributed by atoms with Gasteiger partial charge in [0.2, 0.25) is 0 Å². The minimum Gasteiger partial charge on any atom is -0.385 e. The molecular formula is C12H18INO. The highest BCUT2D eigenvalue weighted by molar-refractivity contribution is 14.1. The van der Waals surface area contributed by atoms with Gasteiger partial charge in [0, 0.05) is 30.4 Å². The van der Waals surface area contributed by atoms with Crippen LogP contribution in [0.1, 0.15) is 12.0 Å². The molecule has 1 rings (SSSR count). The first kappa shape index (κ1) is 12.9. The van der Waals surface area contributed by atoms with Gasteiger partial charge >= 0.3 is 0 Å². The van der Waals surface area contributed by atoms with Gasteiger partial charge in [-0.05, 0) is 53.8 Å². The molecule has 84 valence electrons. The van der Waals surface area contributed by atoms with Crippen molar-refractivity contribution in [2.75, 3.05) is 27.3 Å². The Labute approximate surface area is 106 Å². The topological polar surface area (TPSA) is 12.5 Å². The molecule has 0 saturated heterocycles. The summed E-state index contributed by atoms with van der Waals surface area (Å²) in [6.07, 6.45) is 1.09. The molecule has 0 heterocycles. The lowest BCUT2D eigenvalue weighted by molar-refractivity contribution is 0.178. The zero-order valence-electron chi connectivity index (χ0n) is 9.37. The van der Waals surface area contributed by atoms with E-state index in [0.717, 1.165) is 26.1 Å². The van der Waals surface area contributed by atoms with E-state index in [2.05, 4.69) is 58.8 Å². The van der Waals surface area contributed by atoms with Crippen molar-refractivity contribution in [3.63, 3.8) is 0 Å². The Hall–Kier alpha value is -0.130. The Morgan fingerprint density at radius 2 is 1.93 bits per heavy atom. The molecular weight excluding hydrogens is 301 g/mol. The van der Waals surface area contributed by atoms with Crippen molar-refractivity contribution in [2.24, 2.45) is 0 Å². The monoisotopic (exact) mass is 319 g/mol. The second-order valence-electron chi connectivity index (χ2n) is 3.71. The summed E-state index contributed by atoms with van der Waals surface area (Å²) in [7, 11) is 3.90. The standard InChI is InChI=1S/C12H18INO/c1-14(8-3-9-15-2)10-11-4-6-12(13)7-5-11/h4-7H,3,8-10H2,1-2H3. The zero-order valence-corrected chi connectivity index (χ0v) is 11.5. The van der Waals surface area contributed by atoms with E-state index >= 15 is 0 Å². The quantitative estimate of drug-likeness (QED) is 0.590. The van der Waals surface area contributed by atoms with Gasteiger partial charge in [0.1, 0.15) is 0 Å². The number of halogens is 1. The lowest BCUT2D eigenvalue weighted by Crippen LogP contribution is -2.20. The van der Waals surface area contributed by atoms with Gasteiger partial charge in [0.15, 0.2) is 0 Å². The summed E-state index contributed by atoms with van der Waals surface area (Å²) in [6, 6.07) is 8.68. The minimum absolute atomic E-state index is 0.844. The second-order valence-corrected chi connectivity index (χ2v) is 4.96. The van der Waals surface area contributed by atoms with Crippen molar-refractivity contribution < 1.29 is 4.74 Å². The normalized spacial score (nSPS) is 10.9. The van der Waals surface area contributed by atoms with Crippen LogP contribution in [0.15, 0.2) is 24.3 Å². The molecule has 0 amide bonds. The number of hydrogen-bond donors (Lipinski definition) is 0. The van der Waals surface area contributed by atoms with Crippen molar-refractivity contribution in [1.29, 1.82) is 0 Å². The van der Waals surface area contributed by atoms with E-state index < -0.39 is 0 Å². The first-order valence-corrected chi connectivity index (χ1v) is 6.22. The highest BCUT2D eigenvalue weighted by Crippen LogP contribution is 2.08. The van der Waals surface area contributed by atoms with Crippen LogP contribution in [-0.4, -0.2) is 32.2 Å². The van der Waals surface area contributed by atoms with Gasteiger partial charge in [-0.2, -0.15) is 0 Å². The first-order valence-electron chi connectivity index (χ1n) is 5.14. The van der Waals surface area contributed by atoms with E-state index in [-0.39, 0.29) is 0 Å². The fraction of sp³-hybridized carbons (Fsp3) is 0.500. The van der Waals surface area contributed by atoms with Gasteiger partial charge < -0.3 is 9.64 Å². The van der Waals surface area contributed by atoms with Gasteiger partial charge in [0.25, 0.3) is 0 Å². The third-order valence-electron chi connectivity index (χ3n) is 2.25. The van der Waals surface area contributed by atoms with E-state index in [4.69, 9.17) is 4.74 Å². The number of rotatable bonds is 6. The summed E-state index contributed by atoms with van der Waals surface area (Å²) in [5, 5.41) is 0. The number of ether oxygens (including phenoxy) is 1. The van der Waals surface area contributed by atoms with Crippen LogP contribution in [0.5, 0.6) is 0 Å². The van der Waals surface area contributed by atoms with Gasteiger partial charge in [0.05, 0.1) is 0 Å². The maximum absolute atomic E-state index is 5.03. The third-order valence-corrected chi connectivity index (χ3v) is 2.97. The summed E-state index contributed by atoms with van der Waals surface area (Å²) in [4.78, 5) is 2.32. The van der Waals surface area contributed by atoms with E-state index in [1.807, 2.05) is 0 Å². The van der Waals surface area contributed by atoms with Crippen LogP contribution in [0.4, 0.5) is 0 Å². The van der Waals surface area contributed by atoms with E-state index in [1.54, 1.807) is 7.11 Å². The van der Waals surface area contributed by atoms with Gasteiger partial charge in [-0.1, -0.05) is 12.1 Å². The van der Waals surface area contributed by atoms with Gasteiger partial charge in [-0.25, -0.2) is 0 Å². The number of hydrogen-bond acceptors (Lipinski definition) is 2. The summed E-state index contributed by atoms with van der Waals surface area (Å²) in [5.41, 5.74) is 1.37. The molecule has 0 saturated carbocycles. The van der Waals surface area contributed by atoms with Crippen LogP contribution in [0.3, 0.4) is 0 Å². The SMILES string of the molecule is COCCCN(C)Cc1ccc(I)cc1. The zero-order chi connectivity index (χ0) is 11.1. The minimum atomic E-state index is 0.844. The molecule has 0 aliphatic rings. The van der Waals surface area contributed by atoms with Crippen molar-refractivity contribution in [2.45, 2.75) is 13.0 Å². The van der Waals surface area contributed by atoms with Crippen LogP contribution < -0.4 is 0 Å². The molecule has 15 heavy (non-hydrogen) atoms. The summed E-state index contributed by atoms with van der Waals surface area (Å²) in [6.45, 7) is 2.94. The summed E-state index contributed by atoms with van der Waals surface area (Å²) in [5.74, 6) is 0. The fourth-order valence-corrected chi connectivity index (χ4v) is 1.82. The predicted octanol–water partition coefficient (Wildman–Crippen LogP) is 2.76. The number of methoxy groups -OCH3 is 1. The van der Waals surface area contributed by atoms with E-state index in [0.29, 0.717) is 0 Å². The van der Waals surface area contributed by atoms with Crippen molar-refractivity contribution in [1.82, 2.24) is 4.90 Å². The Bertz CT molecular complexity index is 273. The molecule has 1 aromatic rings. The first-order chi connectivity index (χ1) is 7.22. The lowest BCUT2D eigenvalue weighted by atomic mass is 10.2. The molecule has 0 aliphatic carbocycles. The molecule has 0 unspecified atom stereocenters. The molecule has 3 heteroatoms. The fourth-order valence-electron chi connectivity index (χ4n) is 1.46. The highest BCUT2D eigenvalue weighted by Gasteiger charge is 1.99. The van der Waals surface area contributed by atoms with Crippen LogP contribution in [-0.2, 0) is 11.3 Å². The second kappa shape index (κ2) is 7.19. The van der Waals surface area contributed by atoms with Crippen molar-refractivity contribution in [3.05, 3.63) is 33.4 Å². The lowest BCUT2D eigenvalue weighted by Gasteiger charge is -2.16. The van der Waals surface area contributed by atoms with Gasteiger partial charge in [-0.3, -0.25) is 0 Å². The molecule has 0 spiro atoms. The van der Waals surface area contributed by atoms with Gasteiger partial charge in [-0.15, -0.1) is 0 Å². The highest BCUT2D eigenvalue weighted by atomic mass is 127. The molecule has 0 bridgehead atoms. The molecule has 1 aromatic carbocycles. The molecule has 0 N–H and O–H groups in total. The third kappa shape index (κ3) is 5.49. The summed E-state index contributed by atoms with van der Waals surface area (Å²) < 4.78 is 6.32. The average molecular weight is 319 g/mol. The molecule has 0 atom stereocenters.